The van der Waals surface area contributed by atoms with E-state index in [4.69, 9.17) is 4.74 Å². The Hall–Kier alpha value is -0.590. The fourth-order valence-corrected chi connectivity index (χ4v) is 3.40. The van der Waals surface area contributed by atoms with Gasteiger partial charge in [-0.15, -0.1) is 0 Å². The minimum Gasteiger partial charge on any atom is -0.481 e. The topological polar surface area (TPSA) is 50.4 Å². The highest BCUT2D eigenvalue weighted by Gasteiger charge is 2.21. The molecule has 1 fully saturated rings. The molecular weight excluding hydrogens is 400 g/mol. The number of hydrogen-bond acceptors (Lipinski definition) is 3. The summed E-state index contributed by atoms with van der Waals surface area (Å²) < 4.78 is 7.31. The summed E-state index contributed by atoms with van der Waals surface area (Å²) in [6, 6.07) is 4.01. The maximum Gasteiger partial charge on any atom is 0.257 e. The molecule has 21 heavy (non-hydrogen) atoms. The molecule has 4 nitrogen and oxygen atoms in total. The molecular formula is C15H20Br2N2O2. The van der Waals surface area contributed by atoms with Crippen LogP contribution in [0.4, 0.5) is 0 Å². The van der Waals surface area contributed by atoms with Gasteiger partial charge in [-0.2, -0.15) is 0 Å². The summed E-state index contributed by atoms with van der Waals surface area (Å²) in [5.74, 6) is 1.27. The molecule has 0 spiro atoms. The number of nitrogens with one attached hydrogen (secondary N) is 2. The van der Waals surface area contributed by atoms with Crippen LogP contribution in [0.2, 0.25) is 0 Å². The van der Waals surface area contributed by atoms with Crippen LogP contribution in [-0.2, 0) is 11.3 Å². The van der Waals surface area contributed by atoms with Crippen molar-refractivity contribution in [2.24, 2.45) is 5.92 Å². The first-order valence-corrected chi connectivity index (χ1v) is 8.77. The summed E-state index contributed by atoms with van der Waals surface area (Å²) in [6.07, 6.45) is 2.46. The molecule has 0 heterocycles. The lowest BCUT2D eigenvalue weighted by Crippen LogP contribution is -2.30. The molecule has 0 unspecified atom stereocenters. The molecule has 116 valence electrons. The number of carbonyl (C=O) groups is 1. The Labute approximate surface area is 142 Å². The minimum absolute atomic E-state index is 0.0382. The van der Waals surface area contributed by atoms with Crippen molar-refractivity contribution in [1.82, 2.24) is 10.6 Å². The standard InChI is InChI=1S/C15H20Br2N2O2/c1-2-18-7-11-5-12(16)15(13(17)6-11)21-9-14(20)19-8-10-3-4-10/h5-6,10,18H,2-4,7-9H2,1H3,(H,19,20). The first-order valence-electron chi connectivity index (χ1n) is 7.18. The van der Waals surface area contributed by atoms with Crippen molar-refractivity contribution in [2.45, 2.75) is 26.3 Å². The summed E-state index contributed by atoms with van der Waals surface area (Å²) in [5.41, 5.74) is 1.15. The van der Waals surface area contributed by atoms with E-state index in [1.165, 1.54) is 12.8 Å². The van der Waals surface area contributed by atoms with E-state index >= 15 is 0 Å². The molecule has 1 saturated carbocycles. The number of halogens is 2. The van der Waals surface area contributed by atoms with Crippen LogP contribution in [0.1, 0.15) is 25.3 Å². The average Bonchev–Trinajstić information content (AvgIpc) is 3.26. The second kappa shape index (κ2) is 8.15. The monoisotopic (exact) mass is 418 g/mol. The molecule has 0 saturated heterocycles. The quantitative estimate of drug-likeness (QED) is 0.680. The molecule has 0 atom stereocenters. The molecule has 6 heteroatoms. The van der Waals surface area contributed by atoms with Gasteiger partial charge in [-0.25, -0.2) is 0 Å². The maximum absolute atomic E-state index is 11.7. The zero-order chi connectivity index (χ0) is 15.2. The molecule has 0 bridgehead atoms. The van der Waals surface area contributed by atoms with Crippen molar-refractivity contribution < 1.29 is 9.53 Å². The Morgan fingerprint density at radius 1 is 1.33 bits per heavy atom. The lowest BCUT2D eigenvalue weighted by atomic mass is 10.2. The van der Waals surface area contributed by atoms with E-state index in [1.54, 1.807) is 0 Å². The molecule has 0 aromatic heterocycles. The molecule has 0 aliphatic heterocycles. The Morgan fingerprint density at radius 3 is 2.57 bits per heavy atom. The number of benzene rings is 1. The number of hydrogen-bond donors (Lipinski definition) is 2. The average molecular weight is 420 g/mol. The Kier molecular flexibility index (Phi) is 6.51. The van der Waals surface area contributed by atoms with Gasteiger partial charge in [-0.3, -0.25) is 4.79 Å². The largest absolute Gasteiger partial charge is 0.481 e. The highest BCUT2D eigenvalue weighted by molar-refractivity contribution is 9.11. The maximum atomic E-state index is 11.7. The first-order chi connectivity index (χ1) is 10.1. The van der Waals surface area contributed by atoms with Gasteiger partial charge < -0.3 is 15.4 Å². The van der Waals surface area contributed by atoms with Crippen molar-refractivity contribution in [3.8, 4) is 5.75 Å². The van der Waals surface area contributed by atoms with Crippen LogP contribution in [0.3, 0.4) is 0 Å². The molecule has 1 aliphatic carbocycles. The third-order valence-corrected chi connectivity index (χ3v) is 4.45. The van der Waals surface area contributed by atoms with Gasteiger partial charge in [0.1, 0.15) is 5.75 Å². The Balaban J connectivity index is 1.87. The Bertz CT molecular complexity index is 481. The number of amides is 1. The summed E-state index contributed by atoms with van der Waals surface area (Å²) in [7, 11) is 0. The van der Waals surface area contributed by atoms with Crippen molar-refractivity contribution in [3.05, 3.63) is 26.6 Å². The van der Waals surface area contributed by atoms with Crippen LogP contribution in [-0.4, -0.2) is 25.6 Å². The highest BCUT2D eigenvalue weighted by atomic mass is 79.9. The van der Waals surface area contributed by atoms with Crippen molar-refractivity contribution in [3.63, 3.8) is 0 Å². The van der Waals surface area contributed by atoms with Gasteiger partial charge in [0, 0.05) is 13.1 Å². The first kappa shape index (κ1) is 16.8. The Morgan fingerprint density at radius 2 is 2.00 bits per heavy atom. The molecule has 1 aromatic carbocycles. The van der Waals surface area contributed by atoms with E-state index in [9.17, 15) is 4.79 Å². The summed E-state index contributed by atoms with van der Waals surface area (Å²) in [6.45, 7) is 4.61. The lowest BCUT2D eigenvalue weighted by Gasteiger charge is -2.12. The van der Waals surface area contributed by atoms with Gasteiger partial charge in [0.05, 0.1) is 8.95 Å². The van der Waals surface area contributed by atoms with Crippen molar-refractivity contribution >= 4 is 37.8 Å². The van der Waals surface area contributed by atoms with E-state index in [1.807, 2.05) is 12.1 Å². The summed E-state index contributed by atoms with van der Waals surface area (Å²) in [5, 5.41) is 6.16. The van der Waals surface area contributed by atoms with Crippen molar-refractivity contribution in [2.75, 3.05) is 19.7 Å². The molecule has 1 aliphatic rings. The predicted octanol–water partition coefficient (Wildman–Crippen LogP) is 3.23. The minimum atomic E-state index is -0.0718. The zero-order valence-electron chi connectivity index (χ0n) is 12.0. The van der Waals surface area contributed by atoms with Gasteiger partial charge >= 0.3 is 0 Å². The SMILES string of the molecule is CCNCc1cc(Br)c(OCC(=O)NCC2CC2)c(Br)c1. The second-order valence-electron chi connectivity index (χ2n) is 5.21. The predicted molar refractivity (Wildman–Crippen MR) is 90.5 cm³/mol. The summed E-state index contributed by atoms with van der Waals surface area (Å²) in [4.78, 5) is 11.7. The van der Waals surface area contributed by atoms with Crippen LogP contribution in [0, 0.1) is 5.92 Å². The van der Waals surface area contributed by atoms with Crippen LogP contribution in [0.25, 0.3) is 0 Å². The van der Waals surface area contributed by atoms with Crippen LogP contribution in [0.5, 0.6) is 5.75 Å². The molecule has 2 N–H and O–H groups in total. The van der Waals surface area contributed by atoms with E-state index < -0.39 is 0 Å². The van der Waals surface area contributed by atoms with Gasteiger partial charge in [-0.05, 0) is 74.9 Å². The zero-order valence-corrected chi connectivity index (χ0v) is 15.2. The molecule has 1 amide bonds. The van der Waals surface area contributed by atoms with E-state index in [2.05, 4.69) is 49.4 Å². The van der Waals surface area contributed by atoms with Crippen molar-refractivity contribution in [1.29, 1.82) is 0 Å². The number of carbonyl (C=O) groups excluding carboxylic acids is 1. The van der Waals surface area contributed by atoms with Gasteiger partial charge in [0.25, 0.3) is 5.91 Å². The van der Waals surface area contributed by atoms with E-state index in [-0.39, 0.29) is 12.5 Å². The normalized spacial score (nSPS) is 14.0. The second-order valence-corrected chi connectivity index (χ2v) is 6.91. The van der Waals surface area contributed by atoms with Gasteiger partial charge in [-0.1, -0.05) is 6.92 Å². The lowest BCUT2D eigenvalue weighted by molar-refractivity contribution is -0.123. The number of rotatable bonds is 8. The van der Waals surface area contributed by atoms with Crippen LogP contribution >= 0.6 is 31.9 Å². The van der Waals surface area contributed by atoms with E-state index in [0.29, 0.717) is 11.7 Å². The fraction of sp³-hybridized carbons (Fsp3) is 0.533. The third kappa shape index (κ3) is 5.60. The van der Waals surface area contributed by atoms with Gasteiger partial charge in [0.15, 0.2) is 6.61 Å². The van der Waals surface area contributed by atoms with E-state index in [0.717, 1.165) is 34.1 Å². The molecule has 1 aromatic rings. The molecule has 2 rings (SSSR count). The number of ether oxygens (including phenoxy) is 1. The highest BCUT2D eigenvalue weighted by Crippen LogP contribution is 2.34. The van der Waals surface area contributed by atoms with Crippen LogP contribution in [0.15, 0.2) is 21.1 Å². The van der Waals surface area contributed by atoms with Gasteiger partial charge in [0.2, 0.25) is 0 Å². The van der Waals surface area contributed by atoms with Crippen LogP contribution < -0.4 is 15.4 Å². The molecule has 0 radical (unpaired) electrons. The summed E-state index contributed by atoms with van der Waals surface area (Å²) >= 11 is 7.00. The fourth-order valence-electron chi connectivity index (χ4n) is 1.89. The smallest absolute Gasteiger partial charge is 0.257 e. The third-order valence-electron chi connectivity index (χ3n) is 3.27.